The second-order valence-corrected chi connectivity index (χ2v) is 3.06. The number of fused-ring (bicyclic) bond motifs is 1. The van der Waals surface area contributed by atoms with E-state index in [1.165, 1.54) is 12.3 Å². The summed E-state index contributed by atoms with van der Waals surface area (Å²) in [5.41, 5.74) is 1.22. The van der Waals surface area contributed by atoms with E-state index in [1.54, 1.807) is 12.1 Å². The molecule has 0 radical (unpaired) electrons. The first-order valence-electron chi connectivity index (χ1n) is 4.41. The van der Waals surface area contributed by atoms with E-state index in [0.29, 0.717) is 24.0 Å². The van der Waals surface area contributed by atoms with Crippen LogP contribution in [0.15, 0.2) is 28.9 Å². The van der Waals surface area contributed by atoms with Gasteiger partial charge in [0.05, 0.1) is 6.26 Å². The van der Waals surface area contributed by atoms with Crippen LogP contribution in [0.3, 0.4) is 0 Å². The molecule has 14 heavy (non-hydrogen) atoms. The van der Waals surface area contributed by atoms with Crippen molar-refractivity contribution in [2.45, 2.75) is 12.8 Å². The van der Waals surface area contributed by atoms with Crippen LogP contribution >= 0.6 is 0 Å². The van der Waals surface area contributed by atoms with Crippen molar-refractivity contribution in [2.24, 2.45) is 0 Å². The topological polar surface area (TPSA) is 30.2 Å². The summed E-state index contributed by atoms with van der Waals surface area (Å²) in [4.78, 5) is 10.2. The zero-order valence-electron chi connectivity index (χ0n) is 7.50. The van der Waals surface area contributed by atoms with Crippen LogP contribution in [0.4, 0.5) is 4.39 Å². The number of aldehydes is 1. The van der Waals surface area contributed by atoms with Gasteiger partial charge >= 0.3 is 0 Å². The van der Waals surface area contributed by atoms with Gasteiger partial charge in [-0.3, -0.25) is 0 Å². The molecule has 0 atom stereocenters. The van der Waals surface area contributed by atoms with Gasteiger partial charge < -0.3 is 9.21 Å². The van der Waals surface area contributed by atoms with Crippen LogP contribution in [0.5, 0.6) is 0 Å². The number of halogens is 1. The van der Waals surface area contributed by atoms with Gasteiger partial charge in [0.1, 0.15) is 17.7 Å². The second-order valence-electron chi connectivity index (χ2n) is 3.06. The maximum atomic E-state index is 13.4. The Morgan fingerprint density at radius 3 is 3.00 bits per heavy atom. The van der Waals surface area contributed by atoms with Gasteiger partial charge in [-0.05, 0) is 30.2 Å². The molecular weight excluding hydrogens is 183 g/mol. The Morgan fingerprint density at radius 2 is 2.21 bits per heavy atom. The first-order chi connectivity index (χ1) is 6.83. The van der Waals surface area contributed by atoms with Crippen LogP contribution in [-0.2, 0) is 11.2 Å². The Hall–Kier alpha value is -1.64. The highest BCUT2D eigenvalue weighted by molar-refractivity contribution is 5.81. The highest BCUT2D eigenvalue weighted by Gasteiger charge is 2.08. The Kier molecular flexibility index (Phi) is 2.31. The third-order valence-electron chi connectivity index (χ3n) is 2.20. The average molecular weight is 192 g/mol. The quantitative estimate of drug-likeness (QED) is 0.700. The largest absolute Gasteiger partial charge is 0.464 e. The fourth-order valence-electron chi connectivity index (χ4n) is 1.53. The second kappa shape index (κ2) is 3.62. The van der Waals surface area contributed by atoms with Crippen LogP contribution in [-0.4, -0.2) is 6.29 Å². The SMILES string of the molecule is O=CCCc1c(F)ccc2occc12. The maximum absolute atomic E-state index is 13.4. The highest BCUT2D eigenvalue weighted by atomic mass is 19.1. The summed E-state index contributed by atoms with van der Waals surface area (Å²) in [6.45, 7) is 0. The van der Waals surface area contributed by atoms with Crippen molar-refractivity contribution in [3.05, 3.63) is 35.8 Å². The van der Waals surface area contributed by atoms with E-state index in [1.807, 2.05) is 0 Å². The number of carbonyl (C=O) groups is 1. The third kappa shape index (κ3) is 1.41. The molecule has 0 saturated carbocycles. The number of rotatable bonds is 3. The van der Waals surface area contributed by atoms with Crippen LogP contribution < -0.4 is 0 Å². The Labute approximate surface area is 80.3 Å². The van der Waals surface area contributed by atoms with Gasteiger partial charge in [0.15, 0.2) is 0 Å². The molecule has 2 rings (SSSR count). The van der Waals surface area contributed by atoms with E-state index in [0.717, 1.165) is 11.7 Å². The lowest BCUT2D eigenvalue weighted by Gasteiger charge is -2.01. The van der Waals surface area contributed by atoms with Crippen LogP contribution in [0, 0.1) is 5.82 Å². The van der Waals surface area contributed by atoms with Crippen molar-refractivity contribution in [3.63, 3.8) is 0 Å². The van der Waals surface area contributed by atoms with E-state index in [9.17, 15) is 9.18 Å². The van der Waals surface area contributed by atoms with Gasteiger partial charge in [-0.25, -0.2) is 4.39 Å². The number of benzene rings is 1. The summed E-state index contributed by atoms with van der Waals surface area (Å²) in [6.07, 6.45) is 3.07. The molecule has 1 aromatic carbocycles. The molecule has 2 nitrogen and oxygen atoms in total. The van der Waals surface area contributed by atoms with E-state index in [2.05, 4.69) is 0 Å². The molecule has 0 spiro atoms. The number of carbonyl (C=O) groups excluding carboxylic acids is 1. The Bertz CT molecular complexity index is 459. The molecule has 0 unspecified atom stereocenters. The van der Waals surface area contributed by atoms with Crippen LogP contribution in [0.1, 0.15) is 12.0 Å². The molecule has 1 aromatic heterocycles. The minimum Gasteiger partial charge on any atom is -0.464 e. The van der Waals surface area contributed by atoms with Gasteiger partial charge in [0.2, 0.25) is 0 Å². The van der Waals surface area contributed by atoms with Gasteiger partial charge in [0, 0.05) is 11.8 Å². The fraction of sp³-hybridized carbons (Fsp3) is 0.182. The predicted octanol–water partition coefficient (Wildman–Crippen LogP) is 2.70. The van der Waals surface area contributed by atoms with Crippen molar-refractivity contribution in [2.75, 3.05) is 0 Å². The molecule has 0 bridgehead atoms. The van der Waals surface area contributed by atoms with E-state index >= 15 is 0 Å². The number of furan rings is 1. The van der Waals surface area contributed by atoms with Crippen molar-refractivity contribution >= 4 is 17.3 Å². The van der Waals surface area contributed by atoms with Crippen LogP contribution in [0.2, 0.25) is 0 Å². The molecule has 3 heteroatoms. The summed E-state index contributed by atoms with van der Waals surface area (Å²) in [5, 5.41) is 0.756. The first kappa shape index (κ1) is 8.94. The molecule has 72 valence electrons. The van der Waals surface area contributed by atoms with E-state index < -0.39 is 0 Å². The van der Waals surface area contributed by atoms with Crippen LogP contribution in [0.25, 0.3) is 11.0 Å². The predicted molar refractivity (Wildman–Crippen MR) is 50.6 cm³/mol. The third-order valence-corrected chi connectivity index (χ3v) is 2.20. The normalized spacial score (nSPS) is 10.6. The maximum Gasteiger partial charge on any atom is 0.134 e. The van der Waals surface area contributed by atoms with Crippen molar-refractivity contribution < 1.29 is 13.6 Å². The van der Waals surface area contributed by atoms with Crippen molar-refractivity contribution in [3.8, 4) is 0 Å². The summed E-state index contributed by atoms with van der Waals surface area (Å²) >= 11 is 0. The minimum atomic E-state index is -0.277. The molecular formula is C11H9FO2. The van der Waals surface area contributed by atoms with E-state index in [-0.39, 0.29) is 5.82 Å². The number of hydrogen-bond acceptors (Lipinski definition) is 2. The molecule has 0 N–H and O–H groups in total. The van der Waals surface area contributed by atoms with Crippen molar-refractivity contribution in [1.82, 2.24) is 0 Å². The molecule has 0 aliphatic heterocycles. The first-order valence-corrected chi connectivity index (χ1v) is 4.41. The highest BCUT2D eigenvalue weighted by Crippen LogP contribution is 2.23. The molecule has 1 heterocycles. The molecule has 0 aliphatic carbocycles. The Morgan fingerprint density at radius 1 is 1.36 bits per heavy atom. The summed E-state index contributed by atoms with van der Waals surface area (Å²) in [6, 6.07) is 4.68. The number of hydrogen-bond donors (Lipinski definition) is 0. The zero-order chi connectivity index (χ0) is 9.97. The minimum absolute atomic E-state index is 0.277. The molecule has 0 aliphatic rings. The smallest absolute Gasteiger partial charge is 0.134 e. The monoisotopic (exact) mass is 192 g/mol. The Balaban J connectivity index is 2.52. The summed E-state index contributed by atoms with van der Waals surface area (Å²) in [5.74, 6) is -0.277. The number of aryl methyl sites for hydroxylation is 1. The lowest BCUT2D eigenvalue weighted by molar-refractivity contribution is -0.107. The summed E-state index contributed by atoms with van der Waals surface area (Å²) in [7, 11) is 0. The van der Waals surface area contributed by atoms with Gasteiger partial charge in [-0.15, -0.1) is 0 Å². The van der Waals surface area contributed by atoms with Gasteiger partial charge in [-0.2, -0.15) is 0 Å². The lowest BCUT2D eigenvalue weighted by Crippen LogP contribution is -1.91. The van der Waals surface area contributed by atoms with E-state index in [4.69, 9.17) is 4.42 Å². The zero-order valence-corrected chi connectivity index (χ0v) is 7.50. The molecule has 0 fully saturated rings. The fourth-order valence-corrected chi connectivity index (χ4v) is 1.53. The standard InChI is InChI=1S/C11H9FO2/c12-10-3-4-11-9(5-7-14-11)8(10)2-1-6-13/h3-7H,1-2H2. The average Bonchev–Trinajstić information content (AvgIpc) is 2.64. The lowest BCUT2D eigenvalue weighted by atomic mass is 10.1. The summed E-state index contributed by atoms with van der Waals surface area (Å²) < 4.78 is 18.5. The molecule has 0 saturated heterocycles. The van der Waals surface area contributed by atoms with Crippen molar-refractivity contribution in [1.29, 1.82) is 0 Å². The van der Waals surface area contributed by atoms with Gasteiger partial charge in [0.25, 0.3) is 0 Å². The van der Waals surface area contributed by atoms with Gasteiger partial charge in [-0.1, -0.05) is 0 Å². The molecule has 2 aromatic rings. The molecule has 0 amide bonds.